The molecule has 0 saturated heterocycles. The minimum Gasteiger partial charge on any atom is -0.618 e. The average Bonchev–Trinajstić information content (AvgIpc) is 2.25. The molecule has 0 atom stereocenters. The zero-order valence-corrected chi connectivity index (χ0v) is 8.94. The van der Waals surface area contributed by atoms with Crippen LogP contribution >= 0.6 is 0 Å². The van der Waals surface area contributed by atoms with Gasteiger partial charge < -0.3 is 9.94 Å². The van der Waals surface area contributed by atoms with Crippen molar-refractivity contribution in [1.29, 1.82) is 0 Å². The Hall–Kier alpha value is -1.84. The number of nitrogens with zero attached hydrogens (tertiary/aromatic N) is 2. The fourth-order valence-corrected chi connectivity index (χ4v) is 1.53. The summed E-state index contributed by atoms with van der Waals surface area (Å²) in [5.74, 6) is 0.625. The second-order valence-corrected chi connectivity index (χ2v) is 3.41. The Labute approximate surface area is 87.7 Å². The first-order valence-corrected chi connectivity index (χ1v) is 4.68. The topological polar surface area (TPSA) is 49.1 Å². The van der Waals surface area contributed by atoms with Crippen LogP contribution in [-0.2, 0) is 0 Å². The fraction of sp³-hybridized carbons (Fsp3) is 0.273. The van der Waals surface area contributed by atoms with Crippen LogP contribution in [0.2, 0.25) is 0 Å². The van der Waals surface area contributed by atoms with E-state index in [0.717, 1.165) is 10.4 Å². The molecule has 0 fully saturated rings. The van der Waals surface area contributed by atoms with E-state index in [2.05, 4.69) is 4.98 Å². The summed E-state index contributed by atoms with van der Waals surface area (Å²) >= 11 is 0. The number of para-hydroxylation sites is 1. The number of methoxy groups -OCH3 is 1. The van der Waals surface area contributed by atoms with E-state index in [1.54, 1.807) is 32.2 Å². The third-order valence-electron chi connectivity index (χ3n) is 2.52. The van der Waals surface area contributed by atoms with E-state index in [-0.39, 0.29) is 0 Å². The van der Waals surface area contributed by atoms with Gasteiger partial charge in [0.1, 0.15) is 5.69 Å². The first-order chi connectivity index (χ1) is 7.15. The summed E-state index contributed by atoms with van der Waals surface area (Å²) < 4.78 is 6.05. The molecule has 0 aliphatic carbocycles. The molecule has 1 heterocycles. The average molecular weight is 204 g/mol. The minimum absolute atomic E-state index is 0.539. The first kappa shape index (κ1) is 9.71. The Morgan fingerprint density at radius 2 is 2.07 bits per heavy atom. The second-order valence-electron chi connectivity index (χ2n) is 3.41. The summed E-state index contributed by atoms with van der Waals surface area (Å²) in [4.78, 5) is 4.36. The highest BCUT2D eigenvalue weighted by Gasteiger charge is 2.14. The zero-order chi connectivity index (χ0) is 11.0. The normalized spacial score (nSPS) is 10.6. The van der Waals surface area contributed by atoms with Crippen LogP contribution in [0.5, 0.6) is 5.75 Å². The third kappa shape index (κ3) is 1.38. The van der Waals surface area contributed by atoms with Crippen molar-refractivity contribution in [1.82, 2.24) is 4.98 Å². The summed E-state index contributed by atoms with van der Waals surface area (Å²) in [6.45, 7) is 3.57. The smallest absolute Gasteiger partial charge is 0.246 e. The van der Waals surface area contributed by atoms with E-state index >= 15 is 0 Å². The van der Waals surface area contributed by atoms with Crippen LogP contribution in [0.25, 0.3) is 11.0 Å². The number of fused-ring (bicyclic) bond motifs is 1. The predicted octanol–water partition coefficient (Wildman–Crippen LogP) is 1.49. The standard InChI is InChI=1S/C11H12N2O2/c1-7-8(2)13(14)9-5-4-6-10(15-3)11(9)12-7/h4-6H,1-3H3. The summed E-state index contributed by atoms with van der Waals surface area (Å²) in [5, 5.41) is 11.8. The van der Waals surface area contributed by atoms with Gasteiger partial charge in [-0.1, -0.05) is 6.07 Å². The predicted molar refractivity (Wildman–Crippen MR) is 56.7 cm³/mol. The van der Waals surface area contributed by atoms with E-state index in [1.165, 1.54) is 0 Å². The lowest BCUT2D eigenvalue weighted by atomic mass is 10.2. The number of hydrogen-bond donors (Lipinski definition) is 0. The number of rotatable bonds is 1. The molecule has 0 aliphatic heterocycles. The van der Waals surface area contributed by atoms with Crippen LogP contribution in [0, 0.1) is 19.1 Å². The largest absolute Gasteiger partial charge is 0.618 e. The molecular weight excluding hydrogens is 192 g/mol. The molecule has 15 heavy (non-hydrogen) atoms. The van der Waals surface area contributed by atoms with Gasteiger partial charge in [0.25, 0.3) is 0 Å². The lowest BCUT2D eigenvalue weighted by molar-refractivity contribution is -0.585. The van der Waals surface area contributed by atoms with Crippen molar-refractivity contribution in [2.24, 2.45) is 0 Å². The van der Waals surface area contributed by atoms with Gasteiger partial charge in [0.15, 0.2) is 11.3 Å². The van der Waals surface area contributed by atoms with Crippen LogP contribution in [0.1, 0.15) is 11.4 Å². The SMILES string of the molecule is COc1cccc2c1nc(C)c(C)[n+]2[O-]. The van der Waals surface area contributed by atoms with Crippen LogP contribution < -0.4 is 9.47 Å². The van der Waals surface area contributed by atoms with Crippen molar-refractivity contribution in [3.63, 3.8) is 0 Å². The van der Waals surface area contributed by atoms with Crippen molar-refractivity contribution >= 4 is 11.0 Å². The molecule has 4 nitrogen and oxygen atoms in total. The highest BCUT2D eigenvalue weighted by Crippen LogP contribution is 2.21. The molecule has 1 aromatic heterocycles. The lowest BCUT2D eigenvalue weighted by Gasteiger charge is -2.08. The molecule has 78 valence electrons. The Balaban J connectivity index is 2.91. The van der Waals surface area contributed by atoms with Gasteiger partial charge in [-0.05, 0) is 13.0 Å². The van der Waals surface area contributed by atoms with E-state index in [0.29, 0.717) is 22.5 Å². The number of hydrogen-bond acceptors (Lipinski definition) is 3. The van der Waals surface area contributed by atoms with E-state index in [4.69, 9.17) is 4.74 Å². The van der Waals surface area contributed by atoms with Crippen LogP contribution in [0.3, 0.4) is 0 Å². The molecule has 0 radical (unpaired) electrons. The first-order valence-electron chi connectivity index (χ1n) is 4.68. The molecule has 0 N–H and O–H groups in total. The molecule has 2 aromatic rings. The van der Waals surface area contributed by atoms with Gasteiger partial charge in [-0.15, -0.1) is 0 Å². The maximum atomic E-state index is 11.8. The van der Waals surface area contributed by atoms with Crippen LogP contribution in [-0.4, -0.2) is 12.1 Å². The second kappa shape index (κ2) is 3.38. The highest BCUT2D eigenvalue weighted by molar-refractivity contribution is 5.78. The van der Waals surface area contributed by atoms with Crippen molar-refractivity contribution in [3.8, 4) is 5.75 Å². The molecule has 0 unspecified atom stereocenters. The van der Waals surface area contributed by atoms with Crippen molar-refractivity contribution < 1.29 is 9.47 Å². The van der Waals surface area contributed by atoms with Crippen LogP contribution in [0.15, 0.2) is 18.2 Å². The van der Waals surface area contributed by atoms with Gasteiger partial charge in [0, 0.05) is 13.0 Å². The molecule has 0 aliphatic rings. The van der Waals surface area contributed by atoms with E-state index < -0.39 is 0 Å². The van der Waals surface area contributed by atoms with Gasteiger partial charge >= 0.3 is 0 Å². The van der Waals surface area contributed by atoms with E-state index in [1.807, 2.05) is 6.92 Å². The van der Waals surface area contributed by atoms with Crippen molar-refractivity contribution in [2.75, 3.05) is 7.11 Å². The summed E-state index contributed by atoms with van der Waals surface area (Å²) in [6.07, 6.45) is 0. The van der Waals surface area contributed by atoms with Gasteiger partial charge in [-0.2, -0.15) is 4.73 Å². The van der Waals surface area contributed by atoms with Crippen molar-refractivity contribution in [3.05, 3.63) is 34.8 Å². The maximum Gasteiger partial charge on any atom is 0.246 e. The lowest BCUT2D eigenvalue weighted by Crippen LogP contribution is -2.32. The molecule has 0 spiro atoms. The van der Waals surface area contributed by atoms with Crippen molar-refractivity contribution in [2.45, 2.75) is 13.8 Å². The Morgan fingerprint density at radius 3 is 2.73 bits per heavy atom. The quantitative estimate of drug-likeness (QED) is 0.522. The Kier molecular flexibility index (Phi) is 2.19. The molecule has 2 rings (SSSR count). The van der Waals surface area contributed by atoms with E-state index in [9.17, 15) is 5.21 Å². The summed E-state index contributed by atoms with van der Waals surface area (Å²) in [7, 11) is 1.57. The zero-order valence-electron chi connectivity index (χ0n) is 8.94. The third-order valence-corrected chi connectivity index (χ3v) is 2.52. The highest BCUT2D eigenvalue weighted by atomic mass is 16.5. The van der Waals surface area contributed by atoms with Crippen LogP contribution in [0.4, 0.5) is 0 Å². The number of ether oxygens (including phenoxy) is 1. The van der Waals surface area contributed by atoms with Gasteiger partial charge in [0.2, 0.25) is 11.2 Å². The molecular formula is C11H12N2O2. The number of aryl methyl sites for hydroxylation is 1. The fourth-order valence-electron chi connectivity index (χ4n) is 1.53. The minimum atomic E-state index is 0.539. The number of aromatic nitrogens is 2. The van der Waals surface area contributed by atoms with Gasteiger partial charge in [-0.25, -0.2) is 4.98 Å². The summed E-state index contributed by atoms with van der Waals surface area (Å²) in [6, 6.07) is 5.32. The summed E-state index contributed by atoms with van der Waals surface area (Å²) in [5.41, 5.74) is 2.49. The molecule has 0 amide bonds. The number of benzene rings is 1. The van der Waals surface area contributed by atoms with Gasteiger partial charge in [0.05, 0.1) is 7.11 Å². The molecule has 4 heteroatoms. The van der Waals surface area contributed by atoms with Gasteiger partial charge in [-0.3, -0.25) is 0 Å². The molecule has 0 bridgehead atoms. The molecule has 1 aromatic carbocycles. The Morgan fingerprint density at radius 1 is 1.33 bits per heavy atom. The monoisotopic (exact) mass is 204 g/mol. The Bertz CT molecular complexity index is 523. The maximum absolute atomic E-state index is 11.8. The molecule has 0 saturated carbocycles.